The lowest BCUT2D eigenvalue weighted by molar-refractivity contribution is -0.908. The molecule has 2 aliphatic rings. The van der Waals surface area contributed by atoms with Crippen molar-refractivity contribution in [2.75, 3.05) is 19.6 Å². The second-order valence-electron chi connectivity index (χ2n) is 5.02. The minimum atomic E-state index is 1.09. The molecule has 1 nitrogen and oxygen atoms in total. The van der Waals surface area contributed by atoms with E-state index in [9.17, 15) is 0 Å². The first-order chi connectivity index (χ1) is 6.45. The normalized spacial score (nSPS) is 27.7. The number of rotatable bonds is 2. The average molecular weight is 182 g/mol. The van der Waals surface area contributed by atoms with Gasteiger partial charge < -0.3 is 4.90 Å². The Labute approximate surface area is 82.5 Å². The molecule has 0 aromatic heterocycles. The molecule has 0 radical (unpaired) electrons. The molecule has 0 amide bonds. The summed E-state index contributed by atoms with van der Waals surface area (Å²) in [6, 6.07) is 0. The number of hydrogen-bond acceptors (Lipinski definition) is 0. The standard InChI is InChI=1S/C12H23N/c1-3-7-12(8-4-1)11-13-9-5-2-6-10-13/h12H,1-11H2/p+1. The van der Waals surface area contributed by atoms with E-state index in [1.807, 2.05) is 4.90 Å². The van der Waals surface area contributed by atoms with Gasteiger partial charge in [0.05, 0.1) is 19.6 Å². The molecular weight excluding hydrogens is 158 g/mol. The SMILES string of the molecule is C1CCC(C[NH+]2CCCCC2)CC1. The van der Waals surface area contributed by atoms with E-state index < -0.39 is 0 Å². The van der Waals surface area contributed by atoms with Gasteiger partial charge in [0.1, 0.15) is 0 Å². The van der Waals surface area contributed by atoms with E-state index in [0.29, 0.717) is 0 Å². The van der Waals surface area contributed by atoms with Crippen LogP contribution in [0.25, 0.3) is 0 Å². The third-order valence-corrected chi connectivity index (χ3v) is 3.86. The van der Waals surface area contributed by atoms with E-state index in [1.54, 1.807) is 0 Å². The summed E-state index contributed by atoms with van der Waals surface area (Å²) in [6.45, 7) is 4.44. The molecule has 1 heterocycles. The molecule has 0 aromatic carbocycles. The molecule has 1 heteroatoms. The zero-order chi connectivity index (χ0) is 8.93. The van der Waals surface area contributed by atoms with E-state index in [1.165, 1.54) is 71.0 Å². The molecular formula is C12H24N+. The Morgan fingerprint density at radius 1 is 0.769 bits per heavy atom. The molecule has 1 aliphatic carbocycles. The lowest BCUT2D eigenvalue weighted by Gasteiger charge is -2.29. The molecule has 0 unspecified atom stereocenters. The highest BCUT2D eigenvalue weighted by molar-refractivity contribution is 4.64. The first kappa shape index (κ1) is 9.51. The van der Waals surface area contributed by atoms with Gasteiger partial charge in [-0.15, -0.1) is 0 Å². The number of nitrogens with one attached hydrogen (secondary N) is 1. The van der Waals surface area contributed by atoms with Crippen LogP contribution in [0.5, 0.6) is 0 Å². The monoisotopic (exact) mass is 182 g/mol. The molecule has 2 rings (SSSR count). The third kappa shape index (κ3) is 2.98. The highest BCUT2D eigenvalue weighted by Gasteiger charge is 2.20. The van der Waals surface area contributed by atoms with Crippen LogP contribution >= 0.6 is 0 Å². The fourth-order valence-electron chi connectivity index (χ4n) is 3.06. The Kier molecular flexibility index (Phi) is 3.65. The predicted octanol–water partition coefficient (Wildman–Crippen LogP) is 1.64. The molecule has 1 aliphatic heterocycles. The van der Waals surface area contributed by atoms with E-state index in [-0.39, 0.29) is 0 Å². The van der Waals surface area contributed by atoms with Crippen molar-refractivity contribution in [3.63, 3.8) is 0 Å². The molecule has 0 bridgehead atoms. The van der Waals surface area contributed by atoms with Crippen LogP contribution in [0.1, 0.15) is 51.4 Å². The lowest BCUT2D eigenvalue weighted by Crippen LogP contribution is -3.13. The molecule has 0 atom stereocenters. The van der Waals surface area contributed by atoms with Crippen LogP contribution in [-0.2, 0) is 0 Å². The summed E-state index contributed by atoms with van der Waals surface area (Å²) in [4.78, 5) is 1.91. The van der Waals surface area contributed by atoms with Crippen LogP contribution in [0, 0.1) is 5.92 Å². The van der Waals surface area contributed by atoms with Gasteiger partial charge in [0.15, 0.2) is 0 Å². The van der Waals surface area contributed by atoms with Crippen molar-refractivity contribution < 1.29 is 4.90 Å². The third-order valence-electron chi connectivity index (χ3n) is 3.86. The number of likely N-dealkylation sites (tertiary alicyclic amines) is 1. The molecule has 1 saturated carbocycles. The van der Waals surface area contributed by atoms with Crippen molar-refractivity contribution in [1.82, 2.24) is 0 Å². The van der Waals surface area contributed by atoms with Gasteiger partial charge in [-0.05, 0) is 32.1 Å². The van der Waals surface area contributed by atoms with Crippen molar-refractivity contribution in [2.45, 2.75) is 51.4 Å². The molecule has 13 heavy (non-hydrogen) atoms. The summed E-state index contributed by atoms with van der Waals surface area (Å²) in [7, 11) is 0. The Hall–Kier alpha value is -0.0400. The smallest absolute Gasteiger partial charge is 0.0799 e. The maximum atomic E-state index is 1.91. The van der Waals surface area contributed by atoms with Crippen LogP contribution in [0.3, 0.4) is 0 Å². The summed E-state index contributed by atoms with van der Waals surface area (Å²) in [5.41, 5.74) is 0. The number of piperidine rings is 1. The van der Waals surface area contributed by atoms with E-state index in [0.717, 1.165) is 5.92 Å². The summed E-state index contributed by atoms with van der Waals surface area (Å²) in [5.74, 6) is 1.09. The maximum Gasteiger partial charge on any atom is 0.0799 e. The van der Waals surface area contributed by atoms with E-state index in [4.69, 9.17) is 0 Å². The van der Waals surface area contributed by atoms with Crippen molar-refractivity contribution in [1.29, 1.82) is 0 Å². The van der Waals surface area contributed by atoms with Crippen molar-refractivity contribution in [3.05, 3.63) is 0 Å². The minimum Gasteiger partial charge on any atom is -0.335 e. The van der Waals surface area contributed by atoms with Crippen LogP contribution in [0.15, 0.2) is 0 Å². The number of quaternary nitrogens is 1. The summed E-state index contributed by atoms with van der Waals surface area (Å²) < 4.78 is 0. The largest absolute Gasteiger partial charge is 0.335 e. The van der Waals surface area contributed by atoms with Crippen molar-refractivity contribution >= 4 is 0 Å². The Bertz CT molecular complexity index is 116. The van der Waals surface area contributed by atoms with Crippen molar-refractivity contribution in [3.8, 4) is 0 Å². The Balaban J connectivity index is 1.69. The van der Waals surface area contributed by atoms with Gasteiger partial charge in [-0.2, -0.15) is 0 Å². The van der Waals surface area contributed by atoms with Gasteiger partial charge in [0.2, 0.25) is 0 Å². The first-order valence-corrected chi connectivity index (χ1v) is 6.29. The molecule has 1 saturated heterocycles. The Morgan fingerprint density at radius 3 is 2.08 bits per heavy atom. The topological polar surface area (TPSA) is 4.44 Å². The van der Waals surface area contributed by atoms with E-state index >= 15 is 0 Å². The van der Waals surface area contributed by atoms with Crippen molar-refractivity contribution in [2.24, 2.45) is 5.92 Å². The summed E-state index contributed by atoms with van der Waals surface area (Å²) in [5, 5.41) is 0. The van der Waals surface area contributed by atoms with Crippen LogP contribution < -0.4 is 4.90 Å². The number of hydrogen-bond donors (Lipinski definition) is 1. The Morgan fingerprint density at radius 2 is 1.38 bits per heavy atom. The van der Waals surface area contributed by atoms with Gasteiger partial charge in [-0.25, -0.2) is 0 Å². The zero-order valence-corrected chi connectivity index (χ0v) is 8.86. The minimum absolute atomic E-state index is 1.09. The quantitative estimate of drug-likeness (QED) is 0.662. The zero-order valence-electron chi connectivity index (χ0n) is 8.86. The van der Waals surface area contributed by atoms with Gasteiger partial charge in [-0.3, -0.25) is 0 Å². The van der Waals surface area contributed by atoms with Crippen LogP contribution in [-0.4, -0.2) is 19.6 Å². The van der Waals surface area contributed by atoms with Gasteiger partial charge in [0, 0.05) is 5.92 Å². The van der Waals surface area contributed by atoms with E-state index in [2.05, 4.69) is 0 Å². The maximum absolute atomic E-state index is 1.91. The highest BCUT2D eigenvalue weighted by atomic mass is 15.1. The molecule has 2 fully saturated rings. The van der Waals surface area contributed by atoms with Gasteiger partial charge in [0.25, 0.3) is 0 Å². The summed E-state index contributed by atoms with van der Waals surface area (Å²) in [6.07, 6.45) is 12.1. The van der Waals surface area contributed by atoms with Gasteiger partial charge in [-0.1, -0.05) is 19.3 Å². The van der Waals surface area contributed by atoms with Crippen LogP contribution in [0.2, 0.25) is 0 Å². The van der Waals surface area contributed by atoms with Gasteiger partial charge >= 0.3 is 0 Å². The molecule has 0 spiro atoms. The molecule has 0 aromatic rings. The second kappa shape index (κ2) is 4.99. The highest BCUT2D eigenvalue weighted by Crippen LogP contribution is 2.22. The van der Waals surface area contributed by atoms with Crippen LogP contribution in [0.4, 0.5) is 0 Å². The molecule has 76 valence electrons. The second-order valence-corrected chi connectivity index (χ2v) is 5.02. The lowest BCUT2D eigenvalue weighted by atomic mass is 9.88. The molecule has 1 N–H and O–H groups in total. The first-order valence-electron chi connectivity index (χ1n) is 6.29. The fraction of sp³-hybridized carbons (Fsp3) is 1.00. The summed E-state index contributed by atoms with van der Waals surface area (Å²) >= 11 is 0. The average Bonchev–Trinajstić information content (AvgIpc) is 2.21. The predicted molar refractivity (Wildman–Crippen MR) is 56.0 cm³/mol. The fourth-order valence-corrected chi connectivity index (χ4v) is 3.06.